The van der Waals surface area contributed by atoms with Crippen molar-refractivity contribution < 1.29 is 0 Å². The fourth-order valence-electron chi connectivity index (χ4n) is 3.56. The second-order valence-electron chi connectivity index (χ2n) is 6.68. The van der Waals surface area contributed by atoms with Crippen molar-refractivity contribution in [1.82, 2.24) is 4.98 Å². The lowest BCUT2D eigenvalue weighted by Gasteiger charge is -2.42. The number of para-hydroxylation sites is 1. The summed E-state index contributed by atoms with van der Waals surface area (Å²) in [5, 5.41) is 4.89. The Labute approximate surface area is 134 Å². The Kier molecular flexibility index (Phi) is 3.70. The van der Waals surface area contributed by atoms with Crippen molar-refractivity contribution in [1.29, 1.82) is 0 Å². The predicted molar refractivity (Wildman–Crippen MR) is 92.5 cm³/mol. The number of hydrogen-bond donors (Lipinski definition) is 2. The van der Waals surface area contributed by atoms with Crippen LogP contribution in [0, 0.1) is 5.41 Å². The molecule has 1 atom stereocenters. The van der Waals surface area contributed by atoms with Crippen molar-refractivity contribution in [3.63, 3.8) is 0 Å². The Morgan fingerprint density at radius 3 is 2.81 bits per heavy atom. The summed E-state index contributed by atoms with van der Waals surface area (Å²) in [5.41, 5.74) is 8.41. The molecule has 1 heterocycles. The van der Waals surface area contributed by atoms with Crippen molar-refractivity contribution in [3.8, 4) is 0 Å². The average molecular weight is 348 g/mol. The van der Waals surface area contributed by atoms with E-state index >= 15 is 0 Å². The maximum absolute atomic E-state index is 6.17. The van der Waals surface area contributed by atoms with Crippen LogP contribution >= 0.6 is 15.9 Å². The predicted octanol–water partition coefficient (Wildman–Crippen LogP) is 4.32. The first-order valence-corrected chi connectivity index (χ1v) is 8.29. The fraction of sp³-hybridized carbons (Fsp3) is 0.471. The van der Waals surface area contributed by atoms with E-state index in [9.17, 15) is 0 Å². The molecule has 1 aliphatic rings. The summed E-state index contributed by atoms with van der Waals surface area (Å²) in [4.78, 5) is 4.59. The topological polar surface area (TPSA) is 50.9 Å². The Hall–Kier alpha value is -1.13. The summed E-state index contributed by atoms with van der Waals surface area (Å²) >= 11 is 3.48. The number of nitrogens with two attached hydrogens (primary N) is 1. The molecule has 3 nitrogen and oxygen atoms in total. The Bertz CT molecular complexity index is 668. The first-order chi connectivity index (χ1) is 9.97. The van der Waals surface area contributed by atoms with Crippen LogP contribution in [0.15, 0.2) is 34.9 Å². The average Bonchev–Trinajstić information content (AvgIpc) is 2.74. The zero-order valence-corrected chi connectivity index (χ0v) is 14.2. The van der Waals surface area contributed by atoms with E-state index in [-0.39, 0.29) is 11.0 Å². The zero-order chi connectivity index (χ0) is 15.1. The van der Waals surface area contributed by atoms with Crippen LogP contribution in [0.4, 0.5) is 5.69 Å². The molecule has 112 valence electrons. The van der Waals surface area contributed by atoms with Gasteiger partial charge in [0.15, 0.2) is 0 Å². The molecule has 0 aliphatic heterocycles. The van der Waals surface area contributed by atoms with Gasteiger partial charge in [-0.25, -0.2) is 0 Å². The van der Waals surface area contributed by atoms with E-state index in [1.54, 1.807) is 0 Å². The smallest absolute Gasteiger partial charge is 0.0934 e. The van der Waals surface area contributed by atoms with Gasteiger partial charge in [-0.05, 0) is 46.3 Å². The summed E-state index contributed by atoms with van der Waals surface area (Å²) in [6, 6.07) is 8.37. The first kappa shape index (κ1) is 14.8. The van der Waals surface area contributed by atoms with Crippen LogP contribution in [-0.2, 0) is 0 Å². The molecule has 21 heavy (non-hydrogen) atoms. The molecule has 3 N–H and O–H groups in total. The summed E-state index contributed by atoms with van der Waals surface area (Å²) < 4.78 is 1.00. The van der Waals surface area contributed by atoms with Crippen LogP contribution in [0.3, 0.4) is 0 Å². The monoisotopic (exact) mass is 347 g/mol. The highest BCUT2D eigenvalue weighted by Crippen LogP contribution is 2.47. The lowest BCUT2D eigenvalue weighted by molar-refractivity contribution is 0.239. The van der Waals surface area contributed by atoms with Crippen molar-refractivity contribution in [3.05, 3.63) is 34.9 Å². The first-order valence-electron chi connectivity index (χ1n) is 7.50. The maximum Gasteiger partial charge on any atom is 0.0934 e. The van der Waals surface area contributed by atoms with E-state index in [1.165, 1.54) is 12.8 Å². The quantitative estimate of drug-likeness (QED) is 0.869. The number of nitrogens with zero attached hydrogens (tertiary/aromatic N) is 1. The van der Waals surface area contributed by atoms with Crippen molar-refractivity contribution in [2.24, 2.45) is 11.1 Å². The third-order valence-corrected chi connectivity index (χ3v) is 5.53. The second kappa shape index (κ2) is 5.25. The van der Waals surface area contributed by atoms with Gasteiger partial charge in [0.1, 0.15) is 0 Å². The van der Waals surface area contributed by atoms with Gasteiger partial charge in [0.05, 0.1) is 16.7 Å². The van der Waals surface area contributed by atoms with Gasteiger partial charge >= 0.3 is 0 Å². The van der Waals surface area contributed by atoms with E-state index in [1.807, 2.05) is 6.20 Å². The van der Waals surface area contributed by atoms with Gasteiger partial charge < -0.3 is 11.1 Å². The molecule has 0 amide bonds. The number of hydrogen-bond acceptors (Lipinski definition) is 3. The summed E-state index contributed by atoms with van der Waals surface area (Å²) in [5.74, 6) is 0. The van der Waals surface area contributed by atoms with E-state index in [2.05, 4.69) is 64.3 Å². The van der Waals surface area contributed by atoms with Gasteiger partial charge in [-0.1, -0.05) is 32.4 Å². The van der Waals surface area contributed by atoms with Crippen LogP contribution in [0.5, 0.6) is 0 Å². The highest BCUT2D eigenvalue weighted by Gasteiger charge is 2.47. The number of pyridine rings is 1. The van der Waals surface area contributed by atoms with Crippen LogP contribution in [0.2, 0.25) is 0 Å². The number of rotatable bonds is 3. The highest BCUT2D eigenvalue weighted by molar-refractivity contribution is 9.10. The number of halogens is 1. The molecule has 1 aromatic heterocycles. The molecule has 1 fully saturated rings. The molecule has 1 unspecified atom stereocenters. The van der Waals surface area contributed by atoms with Crippen LogP contribution in [-0.4, -0.2) is 17.1 Å². The van der Waals surface area contributed by atoms with Gasteiger partial charge in [-0.2, -0.15) is 0 Å². The SMILES string of the molecule is CC1(C)CCCC1(CN)Nc1cccc2cc(Br)cnc12. The van der Waals surface area contributed by atoms with Crippen molar-refractivity contribution in [2.45, 2.75) is 38.6 Å². The molecular weight excluding hydrogens is 326 g/mol. The maximum atomic E-state index is 6.17. The highest BCUT2D eigenvalue weighted by atomic mass is 79.9. The third kappa shape index (κ3) is 2.44. The van der Waals surface area contributed by atoms with Gasteiger partial charge in [-0.15, -0.1) is 0 Å². The second-order valence-corrected chi connectivity index (χ2v) is 7.60. The normalized spacial score (nSPS) is 24.4. The molecule has 0 radical (unpaired) electrons. The van der Waals surface area contributed by atoms with E-state index in [0.29, 0.717) is 6.54 Å². The lowest BCUT2D eigenvalue weighted by Crippen LogP contribution is -2.53. The van der Waals surface area contributed by atoms with Crippen LogP contribution in [0.1, 0.15) is 33.1 Å². The fourth-order valence-corrected chi connectivity index (χ4v) is 3.91. The minimum atomic E-state index is -0.0456. The minimum Gasteiger partial charge on any atom is -0.376 e. The molecule has 1 aliphatic carbocycles. The number of nitrogens with one attached hydrogen (secondary N) is 1. The number of benzene rings is 1. The van der Waals surface area contributed by atoms with Crippen LogP contribution < -0.4 is 11.1 Å². The summed E-state index contributed by atoms with van der Waals surface area (Å²) in [6.07, 6.45) is 5.40. The van der Waals surface area contributed by atoms with Gasteiger partial charge in [0, 0.05) is 22.6 Å². The number of anilines is 1. The number of fused-ring (bicyclic) bond motifs is 1. The summed E-state index contributed by atoms with van der Waals surface area (Å²) in [6.45, 7) is 5.27. The Morgan fingerprint density at radius 2 is 2.14 bits per heavy atom. The van der Waals surface area contributed by atoms with Crippen molar-refractivity contribution in [2.75, 3.05) is 11.9 Å². The molecular formula is C17H22BrN3. The summed E-state index contributed by atoms with van der Waals surface area (Å²) in [7, 11) is 0. The molecule has 1 aromatic carbocycles. The van der Waals surface area contributed by atoms with Crippen molar-refractivity contribution >= 4 is 32.5 Å². The molecule has 2 aromatic rings. The molecule has 0 saturated heterocycles. The van der Waals surface area contributed by atoms with Gasteiger partial charge in [0.25, 0.3) is 0 Å². The molecule has 4 heteroatoms. The lowest BCUT2D eigenvalue weighted by atomic mass is 9.74. The Morgan fingerprint density at radius 1 is 1.33 bits per heavy atom. The zero-order valence-electron chi connectivity index (χ0n) is 12.6. The molecule has 1 saturated carbocycles. The van der Waals surface area contributed by atoms with Gasteiger partial charge in [-0.3, -0.25) is 4.98 Å². The molecule has 0 spiro atoms. The minimum absolute atomic E-state index is 0.0456. The third-order valence-electron chi connectivity index (χ3n) is 5.10. The van der Waals surface area contributed by atoms with E-state index < -0.39 is 0 Å². The molecule has 3 rings (SSSR count). The van der Waals surface area contributed by atoms with E-state index in [4.69, 9.17) is 5.73 Å². The largest absolute Gasteiger partial charge is 0.376 e. The van der Waals surface area contributed by atoms with Gasteiger partial charge in [0.2, 0.25) is 0 Å². The standard InChI is InChI=1S/C17H22BrN3/c1-16(2)7-4-8-17(16,11-19)21-14-6-3-5-12-9-13(18)10-20-15(12)14/h3,5-6,9-10,21H,4,7-8,11,19H2,1-2H3. The number of aromatic nitrogens is 1. The van der Waals surface area contributed by atoms with Crippen LogP contribution in [0.25, 0.3) is 10.9 Å². The Balaban J connectivity index is 2.05. The molecule has 0 bridgehead atoms. The van der Waals surface area contributed by atoms with E-state index in [0.717, 1.165) is 27.5 Å².